The minimum absolute atomic E-state index is 0.0599. The molecule has 0 aliphatic heterocycles. The van der Waals surface area contributed by atoms with Gasteiger partial charge in [-0.1, -0.05) is 36.4 Å². The van der Waals surface area contributed by atoms with E-state index in [0.717, 1.165) is 6.07 Å². The number of pyridine rings is 1. The summed E-state index contributed by atoms with van der Waals surface area (Å²) in [6, 6.07) is 12.3. The minimum atomic E-state index is -4.46. The molecule has 1 N–H and O–H groups in total. The lowest BCUT2D eigenvalue weighted by atomic mass is 9.85. The van der Waals surface area contributed by atoms with Crippen LogP contribution >= 0.6 is 0 Å². The van der Waals surface area contributed by atoms with Gasteiger partial charge in [0.15, 0.2) is 0 Å². The molecule has 0 spiro atoms. The van der Waals surface area contributed by atoms with E-state index < -0.39 is 17.7 Å². The Hall–Kier alpha value is -3.15. The van der Waals surface area contributed by atoms with Gasteiger partial charge in [-0.25, -0.2) is 9.78 Å². The quantitative estimate of drug-likeness (QED) is 0.606. The maximum atomic E-state index is 13.4. The Morgan fingerprint density at radius 1 is 1.04 bits per heavy atom. The molecule has 0 saturated carbocycles. The van der Waals surface area contributed by atoms with Crippen molar-refractivity contribution in [2.45, 2.75) is 25.4 Å². The Kier molecular flexibility index (Phi) is 4.41. The Balaban J connectivity index is 1.96. The maximum Gasteiger partial charge on any atom is 0.416 e. The highest BCUT2D eigenvalue weighted by Gasteiger charge is 2.33. The van der Waals surface area contributed by atoms with Crippen molar-refractivity contribution in [3.05, 3.63) is 76.5 Å². The number of aromatic carboxylic acids is 1. The number of rotatable bonds is 2. The minimum Gasteiger partial charge on any atom is -0.478 e. The topological polar surface area (TPSA) is 50.2 Å². The van der Waals surface area contributed by atoms with E-state index in [0.29, 0.717) is 47.0 Å². The van der Waals surface area contributed by atoms with Crippen LogP contribution in [-0.4, -0.2) is 16.1 Å². The zero-order valence-electron chi connectivity index (χ0n) is 14.8. The number of halogens is 3. The number of hydrogen-bond acceptors (Lipinski definition) is 2. The molecule has 0 fully saturated rings. The Bertz CT molecular complexity index is 1120. The second-order valence-corrected chi connectivity index (χ2v) is 6.74. The van der Waals surface area contributed by atoms with Gasteiger partial charge in [0.25, 0.3) is 0 Å². The SMILES string of the molecule is O=C(O)c1c2c(nc3ccccc13)/C(=C/c1ccccc1C(F)(F)F)CCC2. The van der Waals surface area contributed by atoms with Crippen LogP contribution in [0.25, 0.3) is 22.6 Å². The van der Waals surface area contributed by atoms with Crippen LogP contribution in [0.15, 0.2) is 48.5 Å². The van der Waals surface area contributed by atoms with Crippen molar-refractivity contribution >= 4 is 28.5 Å². The predicted octanol–water partition coefficient (Wildman–Crippen LogP) is 5.83. The summed E-state index contributed by atoms with van der Waals surface area (Å²) in [6.45, 7) is 0. The molecule has 1 aromatic heterocycles. The molecule has 2 aromatic carbocycles. The highest BCUT2D eigenvalue weighted by atomic mass is 19.4. The van der Waals surface area contributed by atoms with Crippen LogP contribution in [0.5, 0.6) is 0 Å². The third kappa shape index (κ3) is 3.15. The molecule has 6 heteroatoms. The molecular weight excluding hydrogens is 367 g/mol. The Labute approximate surface area is 159 Å². The van der Waals surface area contributed by atoms with Crippen LogP contribution in [0.1, 0.15) is 45.6 Å². The summed E-state index contributed by atoms with van der Waals surface area (Å²) in [6.07, 6.45) is -1.23. The number of carboxylic acid groups (broad SMARTS) is 1. The first-order valence-electron chi connectivity index (χ1n) is 8.88. The number of para-hydroxylation sites is 1. The van der Waals surface area contributed by atoms with Crippen molar-refractivity contribution in [3.63, 3.8) is 0 Å². The summed E-state index contributed by atoms with van der Waals surface area (Å²) in [4.78, 5) is 16.6. The van der Waals surface area contributed by atoms with Gasteiger partial charge in [-0.3, -0.25) is 0 Å². The average molecular weight is 383 g/mol. The first-order valence-corrected chi connectivity index (χ1v) is 8.88. The standard InChI is InChI=1S/C22H16F3NO2/c23-22(24,25)17-10-3-1-6-13(17)12-14-7-5-9-16-19(21(27)28)15-8-2-4-11-18(15)26-20(14)16/h1-4,6,8,10-12H,5,7,9H2,(H,27,28)/b14-12+. The number of carboxylic acids is 1. The highest BCUT2D eigenvalue weighted by Crippen LogP contribution is 2.38. The van der Waals surface area contributed by atoms with E-state index >= 15 is 0 Å². The zero-order valence-corrected chi connectivity index (χ0v) is 14.8. The number of benzene rings is 2. The van der Waals surface area contributed by atoms with Gasteiger partial charge in [0.2, 0.25) is 0 Å². The molecular formula is C22H16F3NO2. The van der Waals surface area contributed by atoms with Gasteiger partial charge in [-0.2, -0.15) is 13.2 Å². The summed E-state index contributed by atoms with van der Waals surface area (Å²) < 4.78 is 40.1. The molecule has 0 saturated heterocycles. The van der Waals surface area contributed by atoms with Crippen LogP contribution in [0.2, 0.25) is 0 Å². The maximum absolute atomic E-state index is 13.4. The lowest BCUT2D eigenvalue weighted by Gasteiger charge is -2.22. The molecule has 3 aromatic rings. The van der Waals surface area contributed by atoms with E-state index in [9.17, 15) is 23.1 Å². The number of aromatic nitrogens is 1. The van der Waals surface area contributed by atoms with Gasteiger partial charge in [-0.15, -0.1) is 0 Å². The van der Waals surface area contributed by atoms with Crippen LogP contribution in [0, 0.1) is 0 Å². The van der Waals surface area contributed by atoms with E-state index in [2.05, 4.69) is 4.98 Å². The molecule has 0 unspecified atom stereocenters. The monoisotopic (exact) mass is 383 g/mol. The number of carbonyl (C=O) groups is 1. The van der Waals surface area contributed by atoms with E-state index in [1.807, 2.05) is 0 Å². The average Bonchev–Trinajstić information content (AvgIpc) is 2.66. The summed E-state index contributed by atoms with van der Waals surface area (Å²) in [5.41, 5.74) is 1.77. The molecule has 0 bridgehead atoms. The lowest BCUT2D eigenvalue weighted by Crippen LogP contribution is -2.13. The number of hydrogen-bond donors (Lipinski definition) is 1. The molecule has 28 heavy (non-hydrogen) atoms. The van der Waals surface area contributed by atoms with E-state index in [1.165, 1.54) is 18.2 Å². The number of nitrogens with zero attached hydrogens (tertiary/aromatic N) is 1. The van der Waals surface area contributed by atoms with Crippen LogP contribution in [0.3, 0.4) is 0 Å². The summed E-state index contributed by atoms with van der Waals surface area (Å²) >= 11 is 0. The van der Waals surface area contributed by atoms with Crippen molar-refractivity contribution < 1.29 is 23.1 Å². The van der Waals surface area contributed by atoms with E-state index in [4.69, 9.17) is 0 Å². The third-order valence-electron chi connectivity index (χ3n) is 4.98. The first-order chi connectivity index (χ1) is 13.4. The van der Waals surface area contributed by atoms with E-state index in [-0.39, 0.29) is 11.1 Å². The molecule has 1 aliphatic rings. The first kappa shape index (κ1) is 18.2. The Morgan fingerprint density at radius 2 is 1.75 bits per heavy atom. The van der Waals surface area contributed by atoms with Crippen molar-refractivity contribution in [1.82, 2.24) is 4.98 Å². The molecule has 142 valence electrons. The van der Waals surface area contributed by atoms with Gasteiger partial charge in [0.05, 0.1) is 22.3 Å². The number of alkyl halides is 3. The van der Waals surface area contributed by atoms with Crippen LogP contribution in [0.4, 0.5) is 13.2 Å². The summed E-state index contributed by atoms with van der Waals surface area (Å²) in [7, 11) is 0. The number of fused-ring (bicyclic) bond motifs is 2. The van der Waals surface area contributed by atoms with E-state index in [1.54, 1.807) is 30.3 Å². The Morgan fingerprint density at radius 3 is 2.50 bits per heavy atom. The zero-order chi connectivity index (χ0) is 19.9. The van der Waals surface area contributed by atoms with Crippen molar-refractivity contribution in [1.29, 1.82) is 0 Å². The summed E-state index contributed by atoms with van der Waals surface area (Å²) in [5, 5.41) is 10.3. The van der Waals surface area contributed by atoms with Crippen LogP contribution < -0.4 is 0 Å². The predicted molar refractivity (Wildman–Crippen MR) is 101 cm³/mol. The normalized spacial score (nSPS) is 15.6. The smallest absolute Gasteiger partial charge is 0.416 e. The van der Waals surface area contributed by atoms with Gasteiger partial charge in [0, 0.05) is 5.39 Å². The summed E-state index contributed by atoms with van der Waals surface area (Å²) in [5.74, 6) is -1.05. The van der Waals surface area contributed by atoms with Gasteiger partial charge < -0.3 is 5.11 Å². The largest absolute Gasteiger partial charge is 0.478 e. The van der Waals surface area contributed by atoms with Gasteiger partial charge >= 0.3 is 12.1 Å². The highest BCUT2D eigenvalue weighted by molar-refractivity contribution is 6.05. The lowest BCUT2D eigenvalue weighted by molar-refractivity contribution is -0.137. The third-order valence-corrected chi connectivity index (χ3v) is 4.98. The van der Waals surface area contributed by atoms with Gasteiger partial charge in [0.1, 0.15) is 0 Å². The fraction of sp³-hybridized carbons (Fsp3) is 0.182. The molecule has 0 amide bonds. The van der Waals surface area contributed by atoms with Crippen LogP contribution in [-0.2, 0) is 12.6 Å². The second-order valence-electron chi connectivity index (χ2n) is 6.74. The fourth-order valence-corrected chi connectivity index (χ4v) is 3.79. The molecule has 1 aliphatic carbocycles. The molecule has 3 nitrogen and oxygen atoms in total. The fourth-order valence-electron chi connectivity index (χ4n) is 3.79. The molecule has 4 rings (SSSR count). The molecule has 0 radical (unpaired) electrons. The van der Waals surface area contributed by atoms with Gasteiger partial charge in [-0.05, 0) is 54.2 Å². The number of allylic oxidation sites excluding steroid dienone is 1. The van der Waals surface area contributed by atoms with Crippen molar-refractivity contribution in [2.75, 3.05) is 0 Å². The second kappa shape index (κ2) is 6.78. The van der Waals surface area contributed by atoms with Crippen molar-refractivity contribution in [3.8, 4) is 0 Å². The molecule has 1 heterocycles. The van der Waals surface area contributed by atoms with Crippen molar-refractivity contribution in [2.24, 2.45) is 0 Å². The molecule has 0 atom stereocenters.